The first kappa shape index (κ1) is 32.5. The van der Waals surface area contributed by atoms with Gasteiger partial charge >= 0.3 is 0 Å². The summed E-state index contributed by atoms with van der Waals surface area (Å²) < 4.78 is 0. The first-order valence-electron chi connectivity index (χ1n) is 14.3. The van der Waals surface area contributed by atoms with E-state index in [0.29, 0.717) is 12.8 Å². The predicted octanol–water partition coefficient (Wildman–Crippen LogP) is 4.88. The highest BCUT2D eigenvalue weighted by atomic mass is 16.5. The van der Waals surface area contributed by atoms with Gasteiger partial charge in [0, 0.05) is 0 Å². The van der Waals surface area contributed by atoms with E-state index in [9.17, 15) is 19.5 Å². The molecule has 3 rings (SSSR count). The van der Waals surface area contributed by atoms with Gasteiger partial charge in [-0.15, -0.1) is 0 Å². The van der Waals surface area contributed by atoms with Crippen molar-refractivity contribution in [2.75, 3.05) is 0 Å². The number of benzene rings is 3. The second-order valence-corrected chi connectivity index (χ2v) is 11.9. The summed E-state index contributed by atoms with van der Waals surface area (Å²) in [6.07, 6.45) is -0.511. The van der Waals surface area contributed by atoms with Crippen LogP contribution in [0.25, 0.3) is 11.1 Å². The molecule has 3 amide bonds. The van der Waals surface area contributed by atoms with E-state index < -0.39 is 35.3 Å². The molecule has 0 aromatic heterocycles. The number of hydrogen-bond acceptors (Lipinski definition) is 5. The van der Waals surface area contributed by atoms with Crippen LogP contribution in [0.2, 0.25) is 0 Å². The summed E-state index contributed by atoms with van der Waals surface area (Å²) in [4.78, 5) is 39.0. The van der Waals surface area contributed by atoms with Crippen molar-refractivity contribution in [1.82, 2.24) is 16.1 Å². The molecule has 0 unspecified atom stereocenters. The highest BCUT2D eigenvalue weighted by Crippen LogP contribution is 2.26. The number of nitrogens with one attached hydrogen (secondary N) is 3. The minimum atomic E-state index is -1.79. The molecule has 0 aliphatic carbocycles. The lowest BCUT2D eigenvalue weighted by atomic mass is 9.84. The minimum absolute atomic E-state index is 0.165. The van der Waals surface area contributed by atoms with Crippen LogP contribution in [0.1, 0.15) is 63.3 Å². The zero-order chi connectivity index (χ0) is 30.9. The molecule has 3 aromatic carbocycles. The van der Waals surface area contributed by atoms with Crippen molar-refractivity contribution in [1.29, 1.82) is 0 Å². The van der Waals surface area contributed by atoms with Crippen LogP contribution in [0.3, 0.4) is 0 Å². The number of aliphatic hydroxyl groups is 1. The number of aryl methyl sites for hydroxylation is 2. The number of carbonyl (C=O) groups excluding carboxylic acids is 3. The van der Waals surface area contributed by atoms with Crippen LogP contribution in [-0.2, 0) is 20.8 Å². The van der Waals surface area contributed by atoms with E-state index >= 15 is 0 Å². The molecular formula is C34H43N3O5. The van der Waals surface area contributed by atoms with Gasteiger partial charge in [-0.1, -0.05) is 99.6 Å². The molecule has 0 fully saturated rings. The Morgan fingerprint density at radius 1 is 0.833 bits per heavy atom. The highest BCUT2D eigenvalue weighted by molar-refractivity contribution is 5.92. The highest BCUT2D eigenvalue weighted by Gasteiger charge is 2.38. The van der Waals surface area contributed by atoms with Gasteiger partial charge in [-0.2, -0.15) is 0 Å². The van der Waals surface area contributed by atoms with Crippen LogP contribution in [0.4, 0.5) is 0 Å². The number of aliphatic hydroxyl groups excluding tert-OH is 1. The summed E-state index contributed by atoms with van der Waals surface area (Å²) in [5.74, 6) is -3.26. The van der Waals surface area contributed by atoms with E-state index in [1.165, 1.54) is 5.48 Å². The SMILES string of the molecule is Cc1cc(CCC[C@@H](C(=O)N[C@H](C(=O)N[C@H](C)c2ccccc2)C(C)(C)C)[C@H](O)C(=O)NO)ccc1-c1ccccc1. The Labute approximate surface area is 248 Å². The summed E-state index contributed by atoms with van der Waals surface area (Å²) in [6.45, 7) is 9.41. The average Bonchev–Trinajstić information content (AvgIpc) is 2.97. The van der Waals surface area contributed by atoms with Crippen molar-refractivity contribution in [3.8, 4) is 11.1 Å². The molecule has 0 radical (unpaired) electrons. The molecule has 0 saturated heterocycles. The van der Waals surface area contributed by atoms with Crippen LogP contribution in [0.15, 0.2) is 78.9 Å². The molecule has 8 nitrogen and oxygen atoms in total. The standard InChI is InChI=1S/C34H43N3O5/c1-22-21-24(19-20-27(22)26-16-10-7-11-17-26)13-12-18-28(29(38)32(40)37-42)31(39)36-30(34(3,4)5)33(41)35-23(2)25-14-8-6-9-15-25/h6-11,14-17,19-21,23,28-30,38,42H,12-13,18H2,1-5H3,(H,35,41)(H,36,39)(H,37,40)/t23-,28-,29+,30-/m1/s1. The Balaban J connectivity index is 1.71. The Kier molecular flexibility index (Phi) is 11.4. The Bertz CT molecular complexity index is 1340. The zero-order valence-corrected chi connectivity index (χ0v) is 25.1. The van der Waals surface area contributed by atoms with E-state index in [1.807, 2.05) is 89.2 Å². The van der Waals surface area contributed by atoms with Gasteiger partial charge in [-0.25, -0.2) is 5.48 Å². The third-order valence-corrected chi connectivity index (χ3v) is 7.53. The van der Waals surface area contributed by atoms with Crippen LogP contribution in [0, 0.1) is 18.3 Å². The fourth-order valence-corrected chi connectivity index (χ4v) is 5.08. The van der Waals surface area contributed by atoms with Crippen molar-refractivity contribution in [2.24, 2.45) is 11.3 Å². The van der Waals surface area contributed by atoms with E-state index in [2.05, 4.69) is 34.9 Å². The maximum atomic E-state index is 13.5. The largest absolute Gasteiger partial charge is 0.382 e. The summed E-state index contributed by atoms with van der Waals surface area (Å²) in [6, 6.07) is 24.6. The van der Waals surface area contributed by atoms with Crippen molar-refractivity contribution in [3.63, 3.8) is 0 Å². The van der Waals surface area contributed by atoms with Gasteiger partial charge in [0.15, 0.2) is 0 Å². The summed E-state index contributed by atoms with van der Waals surface area (Å²) in [5.41, 5.74) is 6.15. The Hall–Kier alpha value is -4.01. The average molecular weight is 574 g/mol. The van der Waals surface area contributed by atoms with E-state index in [4.69, 9.17) is 5.21 Å². The van der Waals surface area contributed by atoms with Crippen molar-refractivity contribution < 1.29 is 24.7 Å². The van der Waals surface area contributed by atoms with Crippen LogP contribution >= 0.6 is 0 Å². The molecule has 42 heavy (non-hydrogen) atoms. The molecule has 4 atom stereocenters. The Morgan fingerprint density at radius 3 is 2.02 bits per heavy atom. The number of hydrogen-bond donors (Lipinski definition) is 5. The second kappa shape index (κ2) is 14.8. The van der Waals surface area contributed by atoms with Crippen LogP contribution < -0.4 is 16.1 Å². The van der Waals surface area contributed by atoms with E-state index in [-0.39, 0.29) is 18.4 Å². The predicted molar refractivity (Wildman–Crippen MR) is 163 cm³/mol. The summed E-state index contributed by atoms with van der Waals surface area (Å²) in [5, 5.41) is 25.6. The first-order valence-corrected chi connectivity index (χ1v) is 14.3. The number of hydroxylamine groups is 1. The summed E-state index contributed by atoms with van der Waals surface area (Å²) >= 11 is 0. The summed E-state index contributed by atoms with van der Waals surface area (Å²) in [7, 11) is 0. The lowest BCUT2D eigenvalue weighted by Crippen LogP contribution is -2.56. The maximum absolute atomic E-state index is 13.5. The molecule has 0 bridgehead atoms. The molecule has 0 aliphatic rings. The number of rotatable bonds is 12. The van der Waals surface area contributed by atoms with Gasteiger partial charge < -0.3 is 15.7 Å². The molecule has 5 N–H and O–H groups in total. The quantitative estimate of drug-likeness (QED) is 0.156. The molecule has 3 aromatic rings. The van der Waals surface area contributed by atoms with Gasteiger partial charge in [0.1, 0.15) is 12.1 Å². The molecule has 0 heterocycles. The molecular weight excluding hydrogens is 530 g/mol. The lowest BCUT2D eigenvalue weighted by molar-refractivity contribution is -0.147. The minimum Gasteiger partial charge on any atom is -0.382 e. The van der Waals surface area contributed by atoms with Crippen LogP contribution in [0.5, 0.6) is 0 Å². The van der Waals surface area contributed by atoms with Crippen LogP contribution in [-0.4, -0.2) is 40.2 Å². The third-order valence-electron chi connectivity index (χ3n) is 7.53. The second-order valence-electron chi connectivity index (χ2n) is 11.9. The number of amides is 3. The van der Waals surface area contributed by atoms with Crippen molar-refractivity contribution in [2.45, 2.75) is 72.1 Å². The van der Waals surface area contributed by atoms with Gasteiger partial charge in [0.05, 0.1) is 12.0 Å². The Morgan fingerprint density at radius 2 is 1.45 bits per heavy atom. The molecule has 224 valence electrons. The zero-order valence-electron chi connectivity index (χ0n) is 25.1. The normalized spacial score (nSPS) is 14.3. The fourth-order valence-electron chi connectivity index (χ4n) is 5.08. The van der Waals surface area contributed by atoms with Gasteiger partial charge in [-0.3, -0.25) is 19.6 Å². The molecule has 8 heteroatoms. The first-order chi connectivity index (χ1) is 19.9. The van der Waals surface area contributed by atoms with Crippen molar-refractivity contribution >= 4 is 17.7 Å². The monoisotopic (exact) mass is 573 g/mol. The topological polar surface area (TPSA) is 128 Å². The fraction of sp³-hybridized carbons (Fsp3) is 0.382. The lowest BCUT2D eigenvalue weighted by Gasteiger charge is -2.33. The molecule has 0 aliphatic heterocycles. The van der Waals surface area contributed by atoms with E-state index in [0.717, 1.165) is 27.8 Å². The third kappa shape index (κ3) is 8.74. The van der Waals surface area contributed by atoms with Crippen molar-refractivity contribution in [3.05, 3.63) is 95.6 Å². The smallest absolute Gasteiger partial charge is 0.272 e. The maximum Gasteiger partial charge on any atom is 0.272 e. The molecule has 0 spiro atoms. The molecule has 0 saturated carbocycles. The van der Waals surface area contributed by atoms with Gasteiger partial charge in [-0.05, 0) is 66.3 Å². The van der Waals surface area contributed by atoms with E-state index in [1.54, 1.807) is 0 Å². The number of carbonyl (C=O) groups is 3. The van der Waals surface area contributed by atoms with Gasteiger partial charge in [0.25, 0.3) is 5.91 Å². The van der Waals surface area contributed by atoms with Gasteiger partial charge in [0.2, 0.25) is 11.8 Å².